The second kappa shape index (κ2) is 9.83. The lowest BCUT2D eigenvalue weighted by atomic mass is 10.1. The molecule has 0 fully saturated rings. The van der Waals surface area contributed by atoms with Crippen molar-refractivity contribution in [2.75, 3.05) is 29.7 Å². The molecule has 20 heavy (non-hydrogen) atoms. The van der Waals surface area contributed by atoms with Crippen molar-refractivity contribution < 1.29 is 15.4 Å². The maximum atomic E-state index is 10.7. The largest absolute Gasteiger partial charge is 0.480 e. The van der Waals surface area contributed by atoms with Crippen LogP contribution in [0.2, 0.25) is 0 Å². The second-order valence-electron chi connectivity index (χ2n) is 4.18. The predicted octanol–water partition coefficient (Wildman–Crippen LogP) is 1.10. The van der Waals surface area contributed by atoms with Crippen molar-refractivity contribution in [2.45, 2.75) is 12.5 Å². The molecule has 1 aromatic carbocycles. The summed E-state index contributed by atoms with van der Waals surface area (Å²) in [6.45, 7) is 1.45. The Morgan fingerprint density at radius 2 is 1.70 bits per heavy atom. The number of nitrogens with two attached hydrogens (primary N) is 1. The van der Waals surface area contributed by atoms with E-state index in [4.69, 9.17) is 34.0 Å². The zero-order valence-corrected chi connectivity index (χ0v) is 12.6. The van der Waals surface area contributed by atoms with Gasteiger partial charge in [-0.1, -0.05) is 12.1 Å². The van der Waals surface area contributed by atoms with Crippen LogP contribution in [0.15, 0.2) is 24.3 Å². The highest BCUT2D eigenvalue weighted by Crippen LogP contribution is 2.16. The van der Waals surface area contributed by atoms with Gasteiger partial charge in [0.15, 0.2) is 0 Å². The molecule has 0 spiro atoms. The number of alkyl halides is 2. The first-order valence-corrected chi connectivity index (χ1v) is 7.09. The molecule has 0 aromatic heterocycles. The first kappa shape index (κ1) is 19.0. The molecule has 0 unspecified atom stereocenters. The van der Waals surface area contributed by atoms with Gasteiger partial charge in [0, 0.05) is 30.5 Å². The van der Waals surface area contributed by atoms with Crippen molar-refractivity contribution in [1.29, 1.82) is 0 Å². The summed E-state index contributed by atoms with van der Waals surface area (Å²) in [6.07, 6.45) is 0.320. The summed E-state index contributed by atoms with van der Waals surface area (Å²) in [6, 6.07) is 6.76. The maximum Gasteiger partial charge on any atom is 0.320 e. The molecule has 0 aliphatic heterocycles. The van der Waals surface area contributed by atoms with E-state index in [9.17, 15) is 4.79 Å². The normalized spacial score (nSPS) is 11.6. The van der Waals surface area contributed by atoms with E-state index in [0.29, 0.717) is 18.2 Å². The summed E-state index contributed by atoms with van der Waals surface area (Å²) in [4.78, 5) is 12.8. The Balaban J connectivity index is 0.00000361. The van der Waals surface area contributed by atoms with Gasteiger partial charge in [0.05, 0.1) is 0 Å². The van der Waals surface area contributed by atoms with Crippen molar-refractivity contribution >= 4 is 34.9 Å². The molecule has 0 saturated heterocycles. The lowest BCUT2D eigenvalue weighted by molar-refractivity contribution is -0.138. The van der Waals surface area contributed by atoms with Gasteiger partial charge in [-0.3, -0.25) is 4.79 Å². The van der Waals surface area contributed by atoms with Gasteiger partial charge in [-0.15, -0.1) is 23.2 Å². The molecule has 7 heteroatoms. The third-order valence-corrected chi connectivity index (χ3v) is 3.12. The average Bonchev–Trinajstić information content (AvgIpc) is 2.39. The molecule has 0 amide bonds. The van der Waals surface area contributed by atoms with Crippen LogP contribution < -0.4 is 10.6 Å². The number of benzene rings is 1. The van der Waals surface area contributed by atoms with Crippen LogP contribution in [0, 0.1) is 0 Å². The van der Waals surface area contributed by atoms with Gasteiger partial charge in [-0.2, -0.15) is 0 Å². The van der Waals surface area contributed by atoms with Crippen LogP contribution >= 0.6 is 23.2 Å². The van der Waals surface area contributed by atoms with Gasteiger partial charge < -0.3 is 21.2 Å². The Morgan fingerprint density at radius 1 is 1.20 bits per heavy atom. The highest BCUT2D eigenvalue weighted by atomic mass is 35.5. The van der Waals surface area contributed by atoms with Crippen LogP contribution in [0.25, 0.3) is 0 Å². The molecule has 1 atom stereocenters. The van der Waals surface area contributed by atoms with Gasteiger partial charge in [0.25, 0.3) is 0 Å². The smallest absolute Gasteiger partial charge is 0.320 e. The molecule has 0 bridgehead atoms. The van der Waals surface area contributed by atoms with Crippen molar-refractivity contribution in [1.82, 2.24) is 0 Å². The van der Waals surface area contributed by atoms with Gasteiger partial charge in [0.2, 0.25) is 0 Å². The minimum atomic E-state index is -0.991. The summed E-state index contributed by atoms with van der Waals surface area (Å²) in [5.74, 6) is 0.0698. The second-order valence-corrected chi connectivity index (χ2v) is 4.94. The van der Waals surface area contributed by atoms with E-state index in [-0.39, 0.29) is 5.48 Å². The van der Waals surface area contributed by atoms with Crippen molar-refractivity contribution in [2.24, 2.45) is 5.73 Å². The Kier molecular flexibility index (Phi) is 9.33. The van der Waals surface area contributed by atoms with Crippen molar-refractivity contribution in [3.8, 4) is 0 Å². The molecule has 0 aliphatic carbocycles. The standard InChI is InChI=1S/C13H18Cl2N2O2.H2O/c14-5-7-17(8-6-15)11-3-1-10(2-4-11)9-12(16)13(18)19;/h1-4,12H,5-9,16H2,(H,18,19);1H2/t12-;/m0./s1. The molecule has 0 aliphatic rings. The third-order valence-electron chi connectivity index (χ3n) is 2.78. The quantitative estimate of drug-likeness (QED) is 0.700. The number of anilines is 1. The van der Waals surface area contributed by atoms with Crippen LogP contribution in [-0.4, -0.2) is 47.4 Å². The molecule has 5 nitrogen and oxygen atoms in total. The number of nitrogens with zero attached hydrogens (tertiary/aromatic N) is 1. The Labute approximate surface area is 128 Å². The van der Waals surface area contributed by atoms with Crippen LogP contribution in [0.5, 0.6) is 0 Å². The van der Waals surface area contributed by atoms with E-state index < -0.39 is 12.0 Å². The first-order chi connectivity index (χ1) is 9.08. The minimum Gasteiger partial charge on any atom is -0.480 e. The summed E-state index contributed by atoms with van der Waals surface area (Å²) in [5.41, 5.74) is 7.42. The van der Waals surface area contributed by atoms with E-state index in [0.717, 1.165) is 24.3 Å². The fraction of sp³-hybridized carbons (Fsp3) is 0.462. The molecule has 1 aromatic rings. The topological polar surface area (TPSA) is 98.1 Å². The van der Waals surface area contributed by atoms with E-state index in [2.05, 4.69) is 4.90 Å². The van der Waals surface area contributed by atoms with E-state index in [1.54, 1.807) is 0 Å². The molecular formula is C13H20Cl2N2O3. The molecule has 0 radical (unpaired) electrons. The van der Waals surface area contributed by atoms with Crippen molar-refractivity contribution in [3.63, 3.8) is 0 Å². The number of aliphatic carboxylic acids is 1. The van der Waals surface area contributed by atoms with Crippen LogP contribution in [0.1, 0.15) is 5.56 Å². The van der Waals surface area contributed by atoms with E-state index in [1.807, 2.05) is 24.3 Å². The van der Waals surface area contributed by atoms with Crippen molar-refractivity contribution in [3.05, 3.63) is 29.8 Å². The lowest BCUT2D eigenvalue weighted by Crippen LogP contribution is -2.32. The van der Waals surface area contributed by atoms with Crippen LogP contribution in [0.4, 0.5) is 5.69 Å². The van der Waals surface area contributed by atoms with Crippen LogP contribution in [-0.2, 0) is 11.2 Å². The number of carboxylic acid groups (broad SMARTS) is 1. The molecular weight excluding hydrogens is 303 g/mol. The number of carboxylic acids is 1. The van der Waals surface area contributed by atoms with E-state index in [1.165, 1.54) is 0 Å². The monoisotopic (exact) mass is 322 g/mol. The van der Waals surface area contributed by atoms with Gasteiger partial charge in [0.1, 0.15) is 6.04 Å². The minimum absolute atomic E-state index is 0. The average molecular weight is 323 g/mol. The Bertz CT molecular complexity index is 395. The summed E-state index contributed by atoms with van der Waals surface area (Å²) in [5, 5.41) is 8.76. The SMILES string of the molecule is N[C@@H](Cc1ccc(N(CCCl)CCCl)cc1)C(=O)O.O. The highest BCUT2D eigenvalue weighted by Gasteiger charge is 2.12. The lowest BCUT2D eigenvalue weighted by Gasteiger charge is -2.23. The van der Waals surface area contributed by atoms with Gasteiger partial charge in [-0.25, -0.2) is 0 Å². The Morgan fingerprint density at radius 3 is 2.10 bits per heavy atom. The molecule has 114 valence electrons. The fourth-order valence-electron chi connectivity index (χ4n) is 1.76. The number of rotatable bonds is 8. The molecule has 0 saturated carbocycles. The van der Waals surface area contributed by atoms with Crippen LogP contribution in [0.3, 0.4) is 0 Å². The van der Waals surface area contributed by atoms with Gasteiger partial charge in [-0.05, 0) is 24.1 Å². The third kappa shape index (κ3) is 5.96. The first-order valence-electron chi connectivity index (χ1n) is 6.02. The zero-order valence-electron chi connectivity index (χ0n) is 11.1. The van der Waals surface area contributed by atoms with Gasteiger partial charge >= 0.3 is 5.97 Å². The summed E-state index contributed by atoms with van der Waals surface area (Å²) in [7, 11) is 0. The summed E-state index contributed by atoms with van der Waals surface area (Å²) < 4.78 is 0. The zero-order chi connectivity index (χ0) is 14.3. The predicted molar refractivity (Wildman–Crippen MR) is 83.0 cm³/mol. The molecule has 1 rings (SSSR count). The molecule has 5 N–H and O–H groups in total. The summed E-state index contributed by atoms with van der Waals surface area (Å²) >= 11 is 11.5. The Hall–Kier alpha value is -1.01. The maximum absolute atomic E-state index is 10.7. The van der Waals surface area contributed by atoms with E-state index >= 15 is 0 Å². The number of carbonyl (C=O) groups is 1. The highest BCUT2D eigenvalue weighted by molar-refractivity contribution is 6.18. The number of halogens is 2. The number of hydrogen-bond acceptors (Lipinski definition) is 3. The number of hydrogen-bond donors (Lipinski definition) is 2. The fourth-order valence-corrected chi connectivity index (χ4v) is 2.17. The molecule has 0 heterocycles.